The van der Waals surface area contributed by atoms with Crippen molar-refractivity contribution in [3.63, 3.8) is 0 Å². The van der Waals surface area contributed by atoms with E-state index in [-0.39, 0.29) is 12.5 Å². The van der Waals surface area contributed by atoms with Gasteiger partial charge in [0.1, 0.15) is 6.54 Å². The number of rotatable bonds is 5. The van der Waals surface area contributed by atoms with Crippen LogP contribution in [0.25, 0.3) is 4.96 Å². The van der Waals surface area contributed by atoms with Gasteiger partial charge in [-0.15, -0.1) is 11.3 Å². The molecule has 24 heavy (non-hydrogen) atoms. The molecule has 1 atom stereocenters. The van der Waals surface area contributed by atoms with Crippen LogP contribution in [0.1, 0.15) is 30.1 Å². The maximum absolute atomic E-state index is 12.1. The lowest BCUT2D eigenvalue weighted by Crippen LogP contribution is -2.29. The third-order valence-corrected chi connectivity index (χ3v) is 5.06. The molecular formula is C16H20N6OS. The first-order valence-corrected chi connectivity index (χ1v) is 9.08. The van der Waals surface area contributed by atoms with Crippen LogP contribution >= 0.6 is 11.3 Å². The molecule has 0 spiro atoms. The molecule has 0 aliphatic carbocycles. The maximum Gasteiger partial charge on any atom is 0.242 e. The number of fused-ring (bicyclic) bond motifs is 1. The maximum atomic E-state index is 12.1. The molecule has 0 radical (unpaired) electrons. The Bertz CT molecular complexity index is 800. The average molecular weight is 344 g/mol. The van der Waals surface area contributed by atoms with Crippen LogP contribution in [0.4, 0.5) is 0 Å². The van der Waals surface area contributed by atoms with E-state index in [2.05, 4.69) is 20.7 Å². The van der Waals surface area contributed by atoms with Crippen molar-refractivity contribution in [2.45, 2.75) is 31.8 Å². The molecule has 7 nitrogen and oxygen atoms in total. The van der Waals surface area contributed by atoms with Gasteiger partial charge in [-0.2, -0.15) is 5.10 Å². The molecule has 3 aromatic rings. The van der Waals surface area contributed by atoms with Gasteiger partial charge in [0.2, 0.25) is 5.91 Å². The molecule has 3 aromatic heterocycles. The van der Waals surface area contributed by atoms with Crippen LogP contribution in [0.15, 0.2) is 30.0 Å². The minimum absolute atomic E-state index is 0.0530. The van der Waals surface area contributed by atoms with E-state index in [1.807, 2.05) is 34.4 Å². The Labute approximate surface area is 143 Å². The Morgan fingerprint density at radius 2 is 2.42 bits per heavy atom. The molecule has 1 amide bonds. The van der Waals surface area contributed by atoms with E-state index in [4.69, 9.17) is 0 Å². The molecule has 0 aromatic carbocycles. The summed E-state index contributed by atoms with van der Waals surface area (Å²) >= 11 is 1.58. The molecule has 1 aliphatic rings. The Balaban J connectivity index is 1.31. The lowest BCUT2D eigenvalue weighted by molar-refractivity contribution is -0.122. The van der Waals surface area contributed by atoms with Gasteiger partial charge in [-0.25, -0.2) is 4.98 Å². The number of nitrogens with zero attached hydrogens (tertiary/aromatic N) is 4. The minimum Gasteiger partial charge on any atom is -0.349 e. The van der Waals surface area contributed by atoms with Crippen molar-refractivity contribution in [1.29, 1.82) is 0 Å². The molecule has 2 N–H and O–H groups in total. The van der Waals surface area contributed by atoms with Crippen molar-refractivity contribution in [2.75, 3.05) is 13.1 Å². The van der Waals surface area contributed by atoms with Crippen molar-refractivity contribution in [1.82, 2.24) is 29.8 Å². The largest absolute Gasteiger partial charge is 0.349 e. The highest BCUT2D eigenvalue weighted by Gasteiger charge is 2.17. The second-order valence-electron chi connectivity index (χ2n) is 6.08. The summed E-state index contributed by atoms with van der Waals surface area (Å²) in [5, 5.41) is 12.8. The standard InChI is InChI=1S/C16H20N6OS/c23-15(18-9-13-10-21-6-7-24-16(21)19-13)11-22-5-3-14(20-22)12-2-1-4-17-8-12/h3,5-7,10,12,17H,1-2,4,8-9,11H2,(H,18,23)/t12-/m0/s1. The molecule has 1 saturated heterocycles. The second-order valence-corrected chi connectivity index (χ2v) is 6.96. The summed E-state index contributed by atoms with van der Waals surface area (Å²) in [6, 6.07) is 2.02. The fourth-order valence-corrected chi connectivity index (χ4v) is 3.76. The summed E-state index contributed by atoms with van der Waals surface area (Å²) in [5.41, 5.74) is 1.94. The number of piperidine rings is 1. The number of nitrogens with one attached hydrogen (secondary N) is 2. The quantitative estimate of drug-likeness (QED) is 0.733. The number of carbonyl (C=O) groups excluding carboxylic acids is 1. The normalized spacial score (nSPS) is 18.1. The lowest BCUT2D eigenvalue weighted by atomic mass is 9.97. The van der Waals surface area contributed by atoms with E-state index < -0.39 is 0 Å². The first-order chi connectivity index (χ1) is 11.8. The molecule has 4 heterocycles. The smallest absolute Gasteiger partial charge is 0.242 e. The Hall–Kier alpha value is -2.19. The van der Waals surface area contributed by atoms with Crippen LogP contribution in [0.2, 0.25) is 0 Å². The van der Waals surface area contributed by atoms with Crippen LogP contribution in [0.3, 0.4) is 0 Å². The number of hydrogen-bond acceptors (Lipinski definition) is 5. The molecule has 0 unspecified atom stereocenters. The van der Waals surface area contributed by atoms with Crippen LogP contribution in [0.5, 0.6) is 0 Å². The minimum atomic E-state index is -0.0530. The third-order valence-electron chi connectivity index (χ3n) is 4.29. The van der Waals surface area contributed by atoms with E-state index in [1.54, 1.807) is 16.0 Å². The number of aromatic nitrogens is 4. The highest BCUT2D eigenvalue weighted by atomic mass is 32.1. The fourth-order valence-electron chi connectivity index (χ4n) is 3.04. The Kier molecular flexibility index (Phi) is 4.31. The third kappa shape index (κ3) is 3.34. The highest BCUT2D eigenvalue weighted by Crippen LogP contribution is 2.21. The fraction of sp³-hybridized carbons (Fsp3) is 0.438. The predicted octanol–water partition coefficient (Wildman–Crippen LogP) is 1.38. The number of thiazole rings is 1. The number of amides is 1. The van der Waals surface area contributed by atoms with Gasteiger partial charge in [0.15, 0.2) is 4.96 Å². The number of carbonyl (C=O) groups is 1. The van der Waals surface area contributed by atoms with Gasteiger partial charge in [-0.3, -0.25) is 13.9 Å². The van der Waals surface area contributed by atoms with Crippen molar-refractivity contribution in [2.24, 2.45) is 0 Å². The summed E-state index contributed by atoms with van der Waals surface area (Å²) in [6.45, 7) is 2.74. The summed E-state index contributed by atoms with van der Waals surface area (Å²) in [5.74, 6) is 0.407. The number of imidazole rings is 1. The van der Waals surface area contributed by atoms with Crippen molar-refractivity contribution >= 4 is 22.2 Å². The highest BCUT2D eigenvalue weighted by molar-refractivity contribution is 7.15. The van der Waals surface area contributed by atoms with Gasteiger partial charge >= 0.3 is 0 Å². The van der Waals surface area contributed by atoms with Gasteiger partial charge < -0.3 is 10.6 Å². The molecule has 126 valence electrons. The molecular weight excluding hydrogens is 324 g/mol. The van der Waals surface area contributed by atoms with Gasteiger partial charge in [0, 0.05) is 36.4 Å². The van der Waals surface area contributed by atoms with Gasteiger partial charge in [-0.1, -0.05) is 0 Å². The van der Waals surface area contributed by atoms with Crippen LogP contribution in [-0.2, 0) is 17.9 Å². The van der Waals surface area contributed by atoms with E-state index in [0.717, 1.165) is 35.9 Å². The van der Waals surface area contributed by atoms with Crippen LogP contribution in [-0.4, -0.2) is 38.2 Å². The zero-order valence-corrected chi connectivity index (χ0v) is 14.1. The molecule has 8 heteroatoms. The summed E-state index contributed by atoms with van der Waals surface area (Å²) in [4.78, 5) is 17.5. The molecule has 1 fully saturated rings. The summed E-state index contributed by atoms with van der Waals surface area (Å²) < 4.78 is 3.68. The van der Waals surface area contributed by atoms with Crippen molar-refractivity contribution in [3.05, 3.63) is 41.4 Å². The summed E-state index contributed by atoms with van der Waals surface area (Å²) in [6.07, 6.45) is 8.13. The zero-order chi connectivity index (χ0) is 16.4. The van der Waals surface area contributed by atoms with E-state index in [1.165, 1.54) is 6.42 Å². The average Bonchev–Trinajstić information content (AvgIpc) is 3.29. The van der Waals surface area contributed by atoms with Crippen molar-refractivity contribution in [3.8, 4) is 0 Å². The molecule has 4 rings (SSSR count). The molecule has 0 saturated carbocycles. The first-order valence-electron chi connectivity index (χ1n) is 8.20. The molecule has 0 bridgehead atoms. The van der Waals surface area contributed by atoms with E-state index >= 15 is 0 Å². The zero-order valence-electron chi connectivity index (χ0n) is 13.3. The van der Waals surface area contributed by atoms with Gasteiger partial charge in [-0.05, 0) is 25.5 Å². The van der Waals surface area contributed by atoms with E-state index in [9.17, 15) is 4.79 Å². The summed E-state index contributed by atoms with van der Waals surface area (Å²) in [7, 11) is 0. The van der Waals surface area contributed by atoms with E-state index in [0.29, 0.717) is 12.5 Å². The number of hydrogen-bond donors (Lipinski definition) is 2. The Morgan fingerprint density at radius 1 is 1.46 bits per heavy atom. The lowest BCUT2D eigenvalue weighted by Gasteiger charge is -2.20. The first kappa shape index (κ1) is 15.3. The topological polar surface area (TPSA) is 76.2 Å². The SMILES string of the molecule is O=C(Cn1ccc([C@H]2CCCNC2)n1)NCc1cn2ccsc2n1. The van der Waals surface area contributed by atoms with Gasteiger partial charge in [0.25, 0.3) is 0 Å². The predicted molar refractivity (Wildman–Crippen MR) is 92.0 cm³/mol. The van der Waals surface area contributed by atoms with Crippen molar-refractivity contribution < 1.29 is 4.79 Å². The molecule has 1 aliphatic heterocycles. The second kappa shape index (κ2) is 6.74. The van der Waals surface area contributed by atoms with Crippen LogP contribution in [0, 0.1) is 0 Å². The van der Waals surface area contributed by atoms with Gasteiger partial charge in [0.05, 0.1) is 17.9 Å². The van der Waals surface area contributed by atoms with Crippen LogP contribution < -0.4 is 10.6 Å². The monoisotopic (exact) mass is 344 g/mol. The Morgan fingerprint density at radius 3 is 3.25 bits per heavy atom.